The van der Waals surface area contributed by atoms with E-state index < -0.39 is 196 Å². The van der Waals surface area contributed by atoms with Gasteiger partial charge in [-0.2, -0.15) is 0 Å². The van der Waals surface area contributed by atoms with E-state index in [1.165, 1.54) is 75.9 Å². The summed E-state index contributed by atoms with van der Waals surface area (Å²) < 4.78 is 6.09. The summed E-state index contributed by atoms with van der Waals surface area (Å²) >= 11 is 4.60. The van der Waals surface area contributed by atoms with Crippen LogP contribution in [0.4, 0.5) is 0 Å². The number of primary amides is 1. The number of thiazole rings is 3. The second-order valence-corrected chi connectivity index (χ2v) is 32.1. The number of allylic oxidation sites excluding steroid dienone is 1. The molecule has 1 aliphatic carbocycles. The fraction of sp³-hybridized carbons (Fsp3) is 0.417. The van der Waals surface area contributed by atoms with Crippen LogP contribution in [0.2, 0.25) is 0 Å². The van der Waals surface area contributed by atoms with Crippen LogP contribution >= 0.6 is 57.1 Å². The van der Waals surface area contributed by atoms with E-state index in [4.69, 9.17) is 20.4 Å². The van der Waals surface area contributed by atoms with E-state index in [0.717, 1.165) is 57.1 Å². The number of esters is 1. The molecule has 18 N–H and O–H groups in total. The maximum Gasteiger partial charge on any atom is 0.357 e. The van der Waals surface area contributed by atoms with Crippen molar-refractivity contribution in [3.05, 3.63) is 153 Å². The molecule has 0 aromatic carbocycles. The fourth-order valence-corrected chi connectivity index (χ4v) is 17.1. The van der Waals surface area contributed by atoms with Crippen molar-refractivity contribution in [1.29, 1.82) is 0 Å². The van der Waals surface area contributed by atoms with Crippen LogP contribution in [0.15, 0.2) is 98.3 Å². The van der Waals surface area contributed by atoms with Crippen LogP contribution in [-0.4, -0.2) is 194 Å². The first-order valence-corrected chi connectivity index (χ1v) is 39.8. The number of thioether (sulfide) groups is 1. The fourth-order valence-electron chi connectivity index (χ4n) is 12.3. The molecule has 5 aromatic heterocycles. The molecular weight excluding hydrogens is 1570 g/mol. The molecule has 0 radical (unpaired) electrons. The number of aliphatic hydroxyl groups is 5. The standard InChI is InChI=1S/C72H84N18O18S5/c1-13-27(3)49-64(104)78-31(7)58(98)75-29(5)57(97)76-32(8)59(99)90-72-18-17-41(67-85-44(23-111-67)60(100)77-30(6)56(96)74-28(4)55(73)95)81-53(72)36-19-48(109-22-36)43(21-108-69(106)42-20-38(33(9)91)37-15-16-40(79-49)52(94)51(37)80-42)83-61(101)45-25-112-68(86-45)54(71(12,107)35(11)93)89-63(103)46-24-110-66(84-46)39(14-2)82-65(105)50(34(10)92)88-62(102)47-26-113-70(72)87-47/h14-16,19-20,22-23,25-27,31-35,40,43,46,49-50,52-54,79,91-94,107H,4-6,13,17-18,21,24H2,1-3,7-12H3,(H2,73,95)(H,74,96)(H,75,98)(H,76,97)(H,77,100)(H,78,104)(H,82,105)(H,83,101)(H,88,102)(H,89,103)(H,90,99)/b39-14-/t27-,31-,32-,33-,34+,35+,40?,43-,46+,49?,50?,52+,53+,54+,71+,72+/m0/s1. The van der Waals surface area contributed by atoms with E-state index in [0.29, 0.717) is 6.42 Å². The number of rotatable bonds is 12. The Balaban J connectivity index is 1.16. The Morgan fingerprint density at radius 2 is 1.48 bits per heavy atom. The molecule has 600 valence electrons. The predicted octanol–water partition coefficient (Wildman–Crippen LogP) is 0.990. The van der Waals surface area contributed by atoms with Gasteiger partial charge in [-0.15, -0.1) is 57.1 Å². The van der Waals surface area contributed by atoms with Crippen molar-refractivity contribution in [1.82, 2.24) is 78.4 Å². The van der Waals surface area contributed by atoms with Gasteiger partial charge < -0.3 is 89.2 Å². The maximum absolute atomic E-state index is 15.4. The molecule has 0 spiro atoms. The van der Waals surface area contributed by atoms with E-state index in [9.17, 15) is 73.5 Å². The molecule has 13 bridgehead atoms. The van der Waals surface area contributed by atoms with E-state index >= 15 is 9.59 Å². The molecule has 9 heterocycles. The average molecular weight is 1650 g/mol. The molecule has 36 nitrogen and oxygen atoms in total. The number of aromatic nitrogens is 4. The first-order valence-electron chi connectivity index (χ1n) is 35.3. The van der Waals surface area contributed by atoms with Crippen LogP contribution in [-0.2, 0) is 48.6 Å². The highest BCUT2D eigenvalue weighted by Gasteiger charge is 2.51. The van der Waals surface area contributed by atoms with Gasteiger partial charge in [0.05, 0.1) is 70.6 Å². The SMILES string of the molecule is C=C(NC(=O)C(=C)NC(=O)c1csc(C2=N[C@@H]3c4csc(c4)[C@@H]4COC(=O)c5cc([C@H](C)O)c6c(n5)[C@H](O)C(C=C6)NC([C@@H](C)CC)C(=O)N[C@@H](C)C(=O)NC(=C)C(=O)N[C@@H](C)C(=O)N[C@@]3(CC2)c2nc(cs2)C(=O)NC([C@@H](C)O)C(=O)N/C(=C\C)C2=N[C@H](CS2)C(=O)N[C@@H]([C@](C)(O)[C@@H](C)O)c2nc(cs2)C(=O)N4)n1)C(N)=O. The van der Waals surface area contributed by atoms with Gasteiger partial charge in [-0.25, -0.2) is 24.7 Å². The Hall–Kier alpha value is -10.5. The lowest BCUT2D eigenvalue weighted by atomic mass is 9.79. The molecule has 4 aliphatic heterocycles. The zero-order valence-electron chi connectivity index (χ0n) is 62.3. The van der Waals surface area contributed by atoms with Crippen LogP contribution in [0.3, 0.4) is 0 Å². The minimum Gasteiger partial charge on any atom is -0.458 e. The Morgan fingerprint density at radius 3 is 2.16 bits per heavy atom. The van der Waals surface area contributed by atoms with Gasteiger partial charge in [-0.3, -0.25) is 68.0 Å². The van der Waals surface area contributed by atoms with E-state index in [2.05, 4.69) is 98.2 Å². The van der Waals surface area contributed by atoms with Crippen LogP contribution in [0, 0.1) is 5.92 Å². The van der Waals surface area contributed by atoms with Gasteiger partial charge in [0.2, 0.25) is 29.5 Å². The van der Waals surface area contributed by atoms with Crippen molar-refractivity contribution >= 4 is 145 Å². The number of aliphatic imine (C=N–C) groups is 2. The molecule has 11 amide bonds. The summed E-state index contributed by atoms with van der Waals surface area (Å²) in [5.41, 5.74) is -1.24. The van der Waals surface area contributed by atoms with E-state index in [1.54, 1.807) is 31.4 Å². The number of amides is 11. The number of aliphatic hydroxyl groups excluding tert-OH is 4. The summed E-state index contributed by atoms with van der Waals surface area (Å²) in [6.45, 7) is 22.9. The number of fused-ring (bicyclic) bond motifs is 7. The Bertz CT molecular complexity index is 4840. The number of hydrogen-bond acceptors (Lipinski definition) is 30. The number of carbonyl (C=O) groups excluding carboxylic acids is 12. The van der Waals surface area contributed by atoms with Crippen LogP contribution < -0.4 is 64.2 Å². The van der Waals surface area contributed by atoms with Crippen LogP contribution in [0.5, 0.6) is 0 Å². The Morgan fingerprint density at radius 1 is 0.779 bits per heavy atom. The predicted molar refractivity (Wildman–Crippen MR) is 416 cm³/mol. The molecule has 0 saturated carbocycles. The van der Waals surface area contributed by atoms with Crippen LogP contribution in [0.1, 0.15) is 196 Å². The first-order chi connectivity index (χ1) is 53.3. The average Bonchev–Trinajstić information content (AvgIpc) is 1.65. The summed E-state index contributed by atoms with van der Waals surface area (Å²) in [6, 6.07) is -9.67. The Kier molecular flexibility index (Phi) is 26.5. The molecule has 0 saturated heterocycles. The summed E-state index contributed by atoms with van der Waals surface area (Å²) in [5, 5.41) is 92.5. The number of cyclic esters (lactones) is 1. The number of hydrogen-bond donors (Lipinski definition) is 17. The number of nitrogens with one attached hydrogen (secondary N) is 11. The van der Waals surface area contributed by atoms with Gasteiger partial charge >= 0.3 is 5.97 Å². The van der Waals surface area contributed by atoms with Crippen molar-refractivity contribution < 1.29 is 87.8 Å². The van der Waals surface area contributed by atoms with E-state index in [1.807, 2.05) is 6.92 Å². The molecule has 113 heavy (non-hydrogen) atoms. The summed E-state index contributed by atoms with van der Waals surface area (Å²) in [4.78, 5) is 198. The molecule has 0 fully saturated rings. The van der Waals surface area contributed by atoms with Crippen LogP contribution in [0.25, 0.3) is 6.08 Å². The number of pyridine rings is 1. The highest BCUT2D eigenvalue weighted by Crippen LogP contribution is 2.49. The van der Waals surface area contributed by atoms with Crippen molar-refractivity contribution in [2.45, 2.75) is 172 Å². The second-order valence-electron chi connectivity index (χ2n) is 27.5. The van der Waals surface area contributed by atoms with Gasteiger partial charge in [0.1, 0.15) is 103 Å². The lowest BCUT2D eigenvalue weighted by Crippen LogP contribution is -2.57. The van der Waals surface area contributed by atoms with Crippen molar-refractivity contribution in [3.8, 4) is 0 Å². The zero-order chi connectivity index (χ0) is 82.6. The normalized spacial score (nSPS) is 26.3. The lowest BCUT2D eigenvalue weighted by molar-refractivity contribution is -0.131. The third kappa shape index (κ3) is 18.8. The third-order valence-electron chi connectivity index (χ3n) is 19.3. The molecule has 5 aromatic rings. The molecule has 5 aliphatic rings. The molecule has 10 rings (SSSR count). The monoisotopic (exact) mass is 1650 g/mol. The molecular formula is C72H84N18O18S5. The topological polar surface area (TPSA) is 550 Å². The summed E-state index contributed by atoms with van der Waals surface area (Å²) in [6.07, 6.45) is -1.49. The Labute approximate surface area is 666 Å². The van der Waals surface area contributed by atoms with Gasteiger partial charge in [0.25, 0.3) is 35.4 Å². The second kappa shape index (κ2) is 35.3. The number of ether oxygens (including phenoxy) is 1. The first kappa shape index (κ1) is 85.0. The number of carbonyl (C=O) groups is 12. The number of nitrogens with zero attached hydrogens (tertiary/aromatic N) is 6. The highest BCUT2D eigenvalue weighted by molar-refractivity contribution is 8.14. The summed E-state index contributed by atoms with van der Waals surface area (Å²) in [5.74, 6) is -12.0. The minimum absolute atomic E-state index is 0.00807. The minimum atomic E-state index is -2.19. The van der Waals surface area contributed by atoms with Crippen molar-refractivity contribution in [2.75, 3.05) is 12.4 Å². The lowest BCUT2D eigenvalue weighted by Gasteiger charge is -2.41. The number of thiophene rings is 1. The maximum atomic E-state index is 15.4. The molecule has 41 heteroatoms. The third-order valence-corrected chi connectivity index (χ3v) is 24.3. The molecule has 3 unspecified atom stereocenters. The van der Waals surface area contributed by atoms with Gasteiger partial charge in [0.15, 0.2) is 0 Å². The van der Waals surface area contributed by atoms with Gasteiger partial charge in [-0.1, -0.05) is 58.2 Å². The quantitative estimate of drug-likeness (QED) is 0.0612. The largest absolute Gasteiger partial charge is 0.458 e. The highest BCUT2D eigenvalue weighted by atomic mass is 32.2. The van der Waals surface area contributed by atoms with Crippen molar-refractivity contribution in [3.63, 3.8) is 0 Å². The smallest absolute Gasteiger partial charge is 0.357 e. The number of nitrogens with two attached hydrogens (primary N) is 1. The zero-order valence-corrected chi connectivity index (χ0v) is 66.4. The van der Waals surface area contributed by atoms with Gasteiger partial charge in [0, 0.05) is 32.3 Å². The van der Waals surface area contributed by atoms with E-state index in [-0.39, 0.29) is 94.4 Å². The van der Waals surface area contributed by atoms with Crippen molar-refractivity contribution in [2.24, 2.45) is 21.6 Å². The summed E-state index contributed by atoms with van der Waals surface area (Å²) in [7, 11) is 0. The van der Waals surface area contributed by atoms with Gasteiger partial charge in [-0.05, 0) is 95.9 Å². The molecule has 16 atom stereocenters.